The van der Waals surface area contributed by atoms with E-state index in [-0.39, 0.29) is 12.1 Å². The van der Waals surface area contributed by atoms with Gasteiger partial charge >= 0.3 is 5.97 Å². The fraction of sp³-hybridized carbons (Fsp3) is 0.750. The van der Waals surface area contributed by atoms with E-state index in [9.17, 15) is 9.59 Å². The summed E-state index contributed by atoms with van der Waals surface area (Å²) in [4.78, 5) is 22.1. The third kappa shape index (κ3) is 3.83. The number of carbonyl (C=O) groups excluding carboxylic acids is 2. The number of allylic oxidation sites excluding steroid dienone is 1. The Balaban J connectivity index is 2.78. The van der Waals surface area contributed by atoms with Gasteiger partial charge in [-0.2, -0.15) is 0 Å². The van der Waals surface area contributed by atoms with E-state index in [0.717, 1.165) is 0 Å². The molecule has 0 radical (unpaired) electrons. The molecule has 0 saturated carbocycles. The third-order valence-electron chi connectivity index (χ3n) is 4.48. The van der Waals surface area contributed by atoms with E-state index in [1.165, 1.54) is 6.08 Å². The fourth-order valence-corrected chi connectivity index (χ4v) is 9.12. The van der Waals surface area contributed by atoms with E-state index in [2.05, 4.69) is 41.5 Å². The second kappa shape index (κ2) is 7.36. The SMILES string of the molecule is CC(C)[Si](OC[C@@H]1C/C(=C\C=O)C(=O)O1)(C(C)C)C(C)C. The van der Waals surface area contributed by atoms with Crippen molar-refractivity contribution in [3.8, 4) is 0 Å². The molecule has 0 aliphatic carbocycles. The topological polar surface area (TPSA) is 52.6 Å². The van der Waals surface area contributed by atoms with Gasteiger partial charge in [-0.25, -0.2) is 4.79 Å². The predicted octanol–water partition coefficient (Wildman–Crippen LogP) is 3.62. The van der Waals surface area contributed by atoms with Crippen molar-refractivity contribution in [3.05, 3.63) is 11.6 Å². The number of esters is 1. The van der Waals surface area contributed by atoms with Gasteiger partial charge in [-0.1, -0.05) is 41.5 Å². The molecule has 1 aliphatic heterocycles. The molecule has 1 atom stereocenters. The highest BCUT2D eigenvalue weighted by Crippen LogP contribution is 2.42. The summed E-state index contributed by atoms with van der Waals surface area (Å²) in [6.45, 7) is 13.8. The Morgan fingerprint density at radius 1 is 1.19 bits per heavy atom. The third-order valence-corrected chi connectivity index (χ3v) is 10.6. The Bertz CT molecular complexity index is 391. The molecule has 1 fully saturated rings. The highest BCUT2D eigenvalue weighted by Gasteiger charge is 2.46. The van der Waals surface area contributed by atoms with Crippen molar-refractivity contribution in [2.24, 2.45) is 0 Å². The molecule has 21 heavy (non-hydrogen) atoms. The van der Waals surface area contributed by atoms with Crippen LogP contribution in [0.1, 0.15) is 48.0 Å². The molecule has 1 rings (SSSR count). The Kier molecular flexibility index (Phi) is 6.35. The van der Waals surface area contributed by atoms with Crippen molar-refractivity contribution in [3.63, 3.8) is 0 Å². The van der Waals surface area contributed by atoms with Crippen LogP contribution in [-0.2, 0) is 18.8 Å². The smallest absolute Gasteiger partial charge is 0.334 e. The molecule has 0 N–H and O–H groups in total. The van der Waals surface area contributed by atoms with Crippen molar-refractivity contribution in [2.75, 3.05) is 6.61 Å². The van der Waals surface area contributed by atoms with Crippen LogP contribution in [0.25, 0.3) is 0 Å². The molecular weight excluding hydrogens is 284 g/mol. The van der Waals surface area contributed by atoms with E-state index in [0.29, 0.717) is 41.5 Å². The highest BCUT2D eigenvalue weighted by molar-refractivity contribution is 6.77. The van der Waals surface area contributed by atoms with E-state index in [1.54, 1.807) is 0 Å². The number of aldehydes is 1. The minimum atomic E-state index is -1.94. The lowest BCUT2D eigenvalue weighted by Gasteiger charge is -2.42. The molecule has 120 valence electrons. The van der Waals surface area contributed by atoms with Crippen molar-refractivity contribution >= 4 is 20.6 Å². The quantitative estimate of drug-likeness (QED) is 0.312. The Hall–Kier alpha value is -0.943. The molecule has 0 amide bonds. The molecule has 0 aromatic rings. The molecule has 5 heteroatoms. The summed E-state index contributed by atoms with van der Waals surface area (Å²) < 4.78 is 11.7. The standard InChI is InChI=1S/C16H28O4Si/c1-11(2)21(12(3)4,13(5)6)19-10-15-9-14(7-8-17)16(18)20-15/h7-8,11-13,15H,9-10H2,1-6H3/b14-7+/t15-/m0/s1. The normalized spacial score (nSPS) is 21.7. The van der Waals surface area contributed by atoms with Crippen LogP contribution in [0.2, 0.25) is 16.6 Å². The maximum atomic E-state index is 11.6. The molecule has 0 unspecified atom stereocenters. The first-order chi connectivity index (χ1) is 9.75. The zero-order valence-corrected chi connectivity index (χ0v) is 15.0. The van der Waals surface area contributed by atoms with Crippen LogP contribution >= 0.6 is 0 Å². The lowest BCUT2D eigenvalue weighted by atomic mass is 10.1. The summed E-state index contributed by atoms with van der Waals surface area (Å²) in [6.07, 6.45) is 2.14. The average molecular weight is 312 g/mol. The van der Waals surface area contributed by atoms with Crippen LogP contribution < -0.4 is 0 Å². The maximum absolute atomic E-state index is 11.6. The molecule has 1 aliphatic rings. The fourth-order valence-electron chi connectivity index (χ4n) is 3.65. The van der Waals surface area contributed by atoms with Crippen LogP contribution in [-0.4, -0.2) is 33.3 Å². The summed E-state index contributed by atoms with van der Waals surface area (Å²) in [7, 11) is -1.94. The number of ether oxygens (including phenoxy) is 1. The predicted molar refractivity (Wildman–Crippen MR) is 85.6 cm³/mol. The Morgan fingerprint density at radius 3 is 2.14 bits per heavy atom. The molecule has 0 aromatic heterocycles. The molecule has 0 aromatic carbocycles. The molecule has 0 spiro atoms. The van der Waals surface area contributed by atoms with Crippen molar-refractivity contribution in [2.45, 2.75) is 70.7 Å². The number of rotatable bonds is 7. The van der Waals surface area contributed by atoms with Gasteiger partial charge in [-0.3, -0.25) is 4.79 Å². The number of hydrogen-bond donors (Lipinski definition) is 0. The first kappa shape index (κ1) is 18.1. The monoisotopic (exact) mass is 312 g/mol. The van der Waals surface area contributed by atoms with Crippen molar-refractivity contribution in [1.29, 1.82) is 0 Å². The molecule has 0 bridgehead atoms. The van der Waals surface area contributed by atoms with Crippen molar-refractivity contribution < 1.29 is 18.8 Å². The lowest BCUT2D eigenvalue weighted by molar-refractivity contribution is -0.140. The van der Waals surface area contributed by atoms with Gasteiger partial charge in [0.2, 0.25) is 8.32 Å². The van der Waals surface area contributed by atoms with E-state index in [4.69, 9.17) is 9.16 Å². The second-order valence-corrected chi connectivity index (χ2v) is 12.1. The average Bonchev–Trinajstić information content (AvgIpc) is 2.70. The zero-order valence-electron chi connectivity index (χ0n) is 14.0. The first-order valence-electron chi connectivity index (χ1n) is 7.74. The second-order valence-electron chi connectivity index (χ2n) is 6.69. The lowest BCUT2D eigenvalue weighted by Crippen LogP contribution is -2.49. The summed E-state index contributed by atoms with van der Waals surface area (Å²) in [5.41, 5.74) is 1.95. The summed E-state index contributed by atoms with van der Waals surface area (Å²) in [5, 5.41) is 0. The van der Waals surface area contributed by atoms with Gasteiger partial charge in [-0.05, 0) is 22.7 Å². The van der Waals surface area contributed by atoms with Crippen LogP contribution in [0.15, 0.2) is 11.6 Å². The molecular formula is C16H28O4Si. The van der Waals surface area contributed by atoms with Gasteiger partial charge in [0.1, 0.15) is 12.4 Å². The van der Waals surface area contributed by atoms with Crippen molar-refractivity contribution in [1.82, 2.24) is 0 Å². The minimum Gasteiger partial charge on any atom is -0.456 e. The van der Waals surface area contributed by atoms with Gasteiger partial charge in [0.25, 0.3) is 0 Å². The first-order valence-corrected chi connectivity index (χ1v) is 9.88. The zero-order chi connectivity index (χ0) is 16.2. The number of carbonyl (C=O) groups is 2. The number of hydrogen-bond acceptors (Lipinski definition) is 4. The van der Waals surface area contributed by atoms with Gasteiger partial charge < -0.3 is 9.16 Å². The van der Waals surface area contributed by atoms with Crippen LogP contribution in [0.3, 0.4) is 0 Å². The Labute approximate surface area is 129 Å². The molecule has 1 saturated heterocycles. The summed E-state index contributed by atoms with van der Waals surface area (Å²) in [6, 6.07) is 0. The Morgan fingerprint density at radius 2 is 1.71 bits per heavy atom. The van der Waals surface area contributed by atoms with E-state index in [1.807, 2.05) is 0 Å². The van der Waals surface area contributed by atoms with Gasteiger partial charge in [0.05, 0.1) is 6.61 Å². The van der Waals surface area contributed by atoms with E-state index < -0.39 is 8.32 Å². The van der Waals surface area contributed by atoms with Crippen LogP contribution in [0.4, 0.5) is 0 Å². The summed E-state index contributed by atoms with van der Waals surface area (Å²) in [5.74, 6) is -0.387. The largest absolute Gasteiger partial charge is 0.456 e. The van der Waals surface area contributed by atoms with Crippen LogP contribution in [0, 0.1) is 0 Å². The van der Waals surface area contributed by atoms with Crippen LogP contribution in [0.5, 0.6) is 0 Å². The van der Waals surface area contributed by atoms with Gasteiger partial charge in [0, 0.05) is 12.0 Å². The summed E-state index contributed by atoms with van der Waals surface area (Å²) >= 11 is 0. The highest BCUT2D eigenvalue weighted by atomic mass is 28.4. The molecule has 1 heterocycles. The number of cyclic esters (lactones) is 1. The van der Waals surface area contributed by atoms with E-state index >= 15 is 0 Å². The van der Waals surface area contributed by atoms with Gasteiger partial charge in [0.15, 0.2) is 0 Å². The maximum Gasteiger partial charge on any atom is 0.334 e. The molecule has 4 nitrogen and oxygen atoms in total. The minimum absolute atomic E-state index is 0.258. The van der Waals surface area contributed by atoms with Gasteiger partial charge in [-0.15, -0.1) is 0 Å².